The van der Waals surface area contributed by atoms with Crippen molar-refractivity contribution in [3.63, 3.8) is 0 Å². The van der Waals surface area contributed by atoms with E-state index in [9.17, 15) is 4.79 Å². The largest absolute Gasteiger partial charge is 0.353 e. The number of amides is 1. The van der Waals surface area contributed by atoms with Crippen molar-refractivity contribution in [1.29, 1.82) is 0 Å². The van der Waals surface area contributed by atoms with E-state index < -0.39 is 0 Å². The summed E-state index contributed by atoms with van der Waals surface area (Å²) in [6.07, 6.45) is 6.60. The van der Waals surface area contributed by atoms with E-state index in [2.05, 4.69) is 48.9 Å². The SMILES string of the molecule is CC(C)CC1(C(=O)NC(C)CC(C)Br)CCCC1. The van der Waals surface area contributed by atoms with E-state index in [1.165, 1.54) is 12.8 Å². The molecule has 0 aromatic heterocycles. The van der Waals surface area contributed by atoms with Crippen LogP contribution in [0, 0.1) is 11.3 Å². The second-order valence-electron chi connectivity index (χ2n) is 6.48. The van der Waals surface area contributed by atoms with Gasteiger partial charge in [0.25, 0.3) is 0 Å². The van der Waals surface area contributed by atoms with Crippen LogP contribution in [0.4, 0.5) is 0 Å². The molecule has 0 aromatic carbocycles. The second-order valence-corrected chi connectivity index (χ2v) is 8.04. The third kappa shape index (κ3) is 4.56. The Hall–Kier alpha value is -0.0500. The average Bonchev–Trinajstić information content (AvgIpc) is 2.64. The van der Waals surface area contributed by atoms with E-state index in [0.717, 1.165) is 25.7 Å². The Morgan fingerprint density at radius 1 is 1.22 bits per heavy atom. The second kappa shape index (κ2) is 6.93. The van der Waals surface area contributed by atoms with Crippen LogP contribution in [0.2, 0.25) is 0 Å². The molecule has 18 heavy (non-hydrogen) atoms. The number of carbonyl (C=O) groups is 1. The lowest BCUT2D eigenvalue weighted by Crippen LogP contribution is -2.44. The highest BCUT2D eigenvalue weighted by Gasteiger charge is 2.41. The lowest BCUT2D eigenvalue weighted by atomic mass is 9.77. The van der Waals surface area contributed by atoms with Gasteiger partial charge in [-0.25, -0.2) is 0 Å². The Bertz CT molecular complexity index is 270. The van der Waals surface area contributed by atoms with Crippen molar-refractivity contribution in [2.24, 2.45) is 11.3 Å². The smallest absolute Gasteiger partial charge is 0.226 e. The molecule has 2 unspecified atom stereocenters. The normalized spacial score (nSPS) is 21.9. The number of hydrogen-bond acceptors (Lipinski definition) is 1. The Labute approximate surface area is 120 Å². The summed E-state index contributed by atoms with van der Waals surface area (Å²) >= 11 is 3.55. The van der Waals surface area contributed by atoms with E-state index in [0.29, 0.717) is 16.7 Å². The molecule has 106 valence electrons. The highest BCUT2D eigenvalue weighted by Crippen LogP contribution is 2.43. The first-order valence-corrected chi connectivity index (χ1v) is 8.22. The molecule has 0 aromatic rings. The maximum atomic E-state index is 12.6. The fourth-order valence-electron chi connectivity index (χ4n) is 3.28. The summed E-state index contributed by atoms with van der Waals surface area (Å²) < 4.78 is 0. The Kier molecular flexibility index (Phi) is 6.16. The molecule has 1 aliphatic carbocycles. The van der Waals surface area contributed by atoms with Crippen molar-refractivity contribution < 1.29 is 4.79 Å². The number of hydrogen-bond donors (Lipinski definition) is 1. The monoisotopic (exact) mass is 317 g/mol. The van der Waals surface area contributed by atoms with Crippen LogP contribution >= 0.6 is 15.9 Å². The van der Waals surface area contributed by atoms with E-state index in [4.69, 9.17) is 0 Å². The zero-order chi connectivity index (χ0) is 13.8. The molecular weight excluding hydrogens is 290 g/mol. The van der Waals surface area contributed by atoms with E-state index in [1.54, 1.807) is 0 Å². The van der Waals surface area contributed by atoms with Crippen molar-refractivity contribution in [2.45, 2.75) is 77.1 Å². The van der Waals surface area contributed by atoms with Crippen LogP contribution in [0.5, 0.6) is 0 Å². The van der Waals surface area contributed by atoms with Crippen molar-refractivity contribution in [3.05, 3.63) is 0 Å². The Morgan fingerprint density at radius 2 is 1.78 bits per heavy atom. The predicted molar refractivity (Wildman–Crippen MR) is 81.0 cm³/mol. The highest BCUT2D eigenvalue weighted by molar-refractivity contribution is 9.09. The van der Waals surface area contributed by atoms with Crippen LogP contribution in [0.1, 0.15) is 66.2 Å². The maximum Gasteiger partial charge on any atom is 0.226 e. The van der Waals surface area contributed by atoms with Crippen molar-refractivity contribution in [3.8, 4) is 0 Å². The lowest BCUT2D eigenvalue weighted by Gasteiger charge is -2.31. The highest BCUT2D eigenvalue weighted by atomic mass is 79.9. The molecule has 0 spiro atoms. The topological polar surface area (TPSA) is 29.1 Å². The Morgan fingerprint density at radius 3 is 2.22 bits per heavy atom. The summed E-state index contributed by atoms with van der Waals surface area (Å²) in [4.78, 5) is 13.0. The molecule has 3 heteroatoms. The minimum atomic E-state index is -0.0715. The van der Waals surface area contributed by atoms with Gasteiger partial charge < -0.3 is 5.32 Å². The standard InChI is InChI=1S/C15H28BrNO/c1-11(2)10-15(7-5-6-8-15)14(18)17-13(4)9-12(3)16/h11-13H,5-10H2,1-4H3,(H,17,18). The minimum absolute atomic E-state index is 0.0715. The first kappa shape index (κ1) is 16.0. The molecule has 2 nitrogen and oxygen atoms in total. The summed E-state index contributed by atoms with van der Waals surface area (Å²) in [6.45, 7) is 8.67. The van der Waals surface area contributed by atoms with Crippen molar-refractivity contribution >= 4 is 21.8 Å². The van der Waals surface area contributed by atoms with Crippen molar-refractivity contribution in [2.75, 3.05) is 0 Å². The van der Waals surface area contributed by atoms with Gasteiger partial charge in [0.15, 0.2) is 0 Å². The fraction of sp³-hybridized carbons (Fsp3) is 0.933. The van der Waals surface area contributed by atoms with Gasteiger partial charge in [-0.05, 0) is 38.5 Å². The van der Waals surface area contributed by atoms with Gasteiger partial charge >= 0.3 is 0 Å². The summed E-state index contributed by atoms with van der Waals surface area (Å²) in [6, 6.07) is 0.261. The number of rotatable bonds is 6. The average molecular weight is 318 g/mol. The third-order valence-corrected chi connectivity index (χ3v) is 4.27. The molecule has 1 amide bonds. The molecule has 2 atom stereocenters. The Balaban J connectivity index is 2.60. The van der Waals surface area contributed by atoms with Gasteiger partial charge in [0.1, 0.15) is 0 Å². The number of nitrogens with one attached hydrogen (secondary N) is 1. The van der Waals surface area contributed by atoms with Crippen LogP contribution < -0.4 is 5.32 Å². The van der Waals surface area contributed by atoms with Gasteiger partial charge in [0.05, 0.1) is 0 Å². The molecule has 0 bridgehead atoms. The zero-order valence-electron chi connectivity index (χ0n) is 12.3. The van der Waals surface area contributed by atoms with Gasteiger partial charge in [-0.15, -0.1) is 0 Å². The van der Waals surface area contributed by atoms with Crippen molar-refractivity contribution in [1.82, 2.24) is 5.32 Å². The van der Waals surface area contributed by atoms with E-state index in [-0.39, 0.29) is 11.5 Å². The lowest BCUT2D eigenvalue weighted by molar-refractivity contribution is -0.132. The quantitative estimate of drug-likeness (QED) is 0.728. The van der Waals surface area contributed by atoms with Crippen LogP contribution in [-0.4, -0.2) is 16.8 Å². The molecule has 1 fully saturated rings. The molecule has 0 radical (unpaired) electrons. The van der Waals surface area contributed by atoms with Crippen LogP contribution in [0.3, 0.4) is 0 Å². The molecular formula is C15H28BrNO. The van der Waals surface area contributed by atoms with Gasteiger partial charge in [-0.3, -0.25) is 4.79 Å². The van der Waals surface area contributed by atoms with Crippen LogP contribution in [0.25, 0.3) is 0 Å². The number of halogens is 1. The summed E-state index contributed by atoms with van der Waals surface area (Å²) in [7, 11) is 0. The van der Waals surface area contributed by atoms with Gasteiger partial charge in [0.2, 0.25) is 5.91 Å². The van der Waals surface area contributed by atoms with Gasteiger partial charge in [0, 0.05) is 16.3 Å². The minimum Gasteiger partial charge on any atom is -0.353 e. The first-order chi connectivity index (χ1) is 8.35. The predicted octanol–water partition coefficient (Wildman–Crippen LogP) is 4.27. The molecule has 0 aliphatic heterocycles. The molecule has 0 heterocycles. The number of alkyl halides is 1. The molecule has 1 rings (SSSR count). The zero-order valence-corrected chi connectivity index (χ0v) is 13.8. The third-order valence-electron chi connectivity index (χ3n) is 3.90. The van der Waals surface area contributed by atoms with Gasteiger partial charge in [-0.2, -0.15) is 0 Å². The maximum absolute atomic E-state index is 12.6. The molecule has 1 N–H and O–H groups in total. The molecule has 1 saturated carbocycles. The summed E-state index contributed by atoms with van der Waals surface area (Å²) in [5.41, 5.74) is -0.0715. The van der Waals surface area contributed by atoms with Gasteiger partial charge in [-0.1, -0.05) is 49.5 Å². The molecule has 1 aliphatic rings. The van der Waals surface area contributed by atoms with E-state index in [1.807, 2.05) is 0 Å². The van der Waals surface area contributed by atoms with Crippen LogP contribution in [-0.2, 0) is 4.79 Å². The fourth-order valence-corrected chi connectivity index (χ4v) is 3.84. The summed E-state index contributed by atoms with van der Waals surface area (Å²) in [5, 5.41) is 3.23. The summed E-state index contributed by atoms with van der Waals surface area (Å²) in [5.74, 6) is 0.897. The van der Waals surface area contributed by atoms with Crippen LogP contribution in [0.15, 0.2) is 0 Å². The number of carbonyl (C=O) groups excluding carboxylic acids is 1. The van der Waals surface area contributed by atoms with E-state index >= 15 is 0 Å². The molecule has 0 saturated heterocycles. The first-order valence-electron chi connectivity index (χ1n) is 7.31.